The van der Waals surface area contributed by atoms with Crippen LogP contribution >= 0.6 is 0 Å². The van der Waals surface area contributed by atoms with Crippen LogP contribution in [0.4, 0.5) is 0 Å². The molecule has 1 aromatic carbocycles. The van der Waals surface area contributed by atoms with Crippen molar-refractivity contribution in [2.45, 2.75) is 6.54 Å². The van der Waals surface area contributed by atoms with Gasteiger partial charge in [0.1, 0.15) is 5.82 Å². The van der Waals surface area contributed by atoms with Gasteiger partial charge in [0, 0.05) is 25.7 Å². The van der Waals surface area contributed by atoms with Gasteiger partial charge in [-0.25, -0.2) is 14.6 Å². The third-order valence-electron chi connectivity index (χ3n) is 4.42. The zero-order valence-electron chi connectivity index (χ0n) is 16.5. The van der Waals surface area contributed by atoms with Crippen molar-refractivity contribution < 1.29 is 9.53 Å². The Hall–Kier alpha value is -4.37. The molecule has 0 saturated carbocycles. The highest BCUT2D eigenvalue weighted by Crippen LogP contribution is 2.11. The van der Waals surface area contributed by atoms with Crippen molar-refractivity contribution in [3.05, 3.63) is 68.1 Å². The van der Waals surface area contributed by atoms with Crippen molar-refractivity contribution in [3.63, 3.8) is 0 Å². The topological polar surface area (TPSA) is 112 Å². The van der Waals surface area contributed by atoms with Crippen LogP contribution in [-0.4, -0.2) is 31.8 Å². The number of nitrogens with zero attached hydrogens (tertiary/aromatic N) is 5. The number of aryl methyl sites for hydroxylation is 1. The number of carbonyl (C=O) groups is 1. The summed E-state index contributed by atoms with van der Waals surface area (Å²) in [6, 6.07) is 8.83. The molecular formula is C21H17N5O4. The number of hydrogen-bond donors (Lipinski definition) is 0. The molecule has 0 atom stereocenters. The average molecular weight is 403 g/mol. The average Bonchev–Trinajstić information content (AvgIpc) is 3.09. The van der Waals surface area contributed by atoms with Crippen LogP contribution in [0, 0.1) is 23.2 Å². The molecule has 2 heterocycles. The molecule has 0 aliphatic carbocycles. The second-order valence-corrected chi connectivity index (χ2v) is 6.28. The summed E-state index contributed by atoms with van der Waals surface area (Å²) in [6.07, 6.45) is 2.58. The van der Waals surface area contributed by atoms with Gasteiger partial charge in [-0.15, -0.1) is 0 Å². The maximum Gasteiger partial charge on any atom is 0.333 e. The van der Waals surface area contributed by atoms with E-state index in [1.807, 2.05) is 6.07 Å². The van der Waals surface area contributed by atoms with E-state index < -0.39 is 17.2 Å². The number of methoxy groups -OCH3 is 1. The number of nitriles is 1. The Morgan fingerprint density at radius 2 is 1.97 bits per heavy atom. The Kier molecular flexibility index (Phi) is 5.66. The van der Waals surface area contributed by atoms with Crippen LogP contribution in [-0.2, 0) is 30.2 Å². The molecule has 0 spiro atoms. The van der Waals surface area contributed by atoms with E-state index >= 15 is 0 Å². The Morgan fingerprint density at radius 1 is 1.23 bits per heavy atom. The number of aromatic nitrogens is 4. The van der Waals surface area contributed by atoms with Crippen molar-refractivity contribution >= 4 is 23.2 Å². The molecule has 3 rings (SSSR count). The summed E-state index contributed by atoms with van der Waals surface area (Å²) in [6.45, 7) is -0.0165. The molecule has 0 N–H and O–H groups in total. The van der Waals surface area contributed by atoms with E-state index in [4.69, 9.17) is 5.26 Å². The molecule has 0 amide bonds. The summed E-state index contributed by atoms with van der Waals surface area (Å²) < 4.78 is 8.32. The van der Waals surface area contributed by atoms with Crippen LogP contribution < -0.4 is 11.2 Å². The SMILES string of the molecule is COC(=O)/C=C/c1nc2c(c(=O)n(C)c(=O)n2CC#Cc2cccc(C#N)c2)n1C. The van der Waals surface area contributed by atoms with Crippen LogP contribution in [0.1, 0.15) is 17.0 Å². The molecule has 0 radical (unpaired) electrons. The zero-order valence-corrected chi connectivity index (χ0v) is 16.5. The summed E-state index contributed by atoms with van der Waals surface area (Å²) in [5.41, 5.74) is 0.411. The van der Waals surface area contributed by atoms with E-state index in [-0.39, 0.29) is 17.7 Å². The number of fused-ring (bicyclic) bond motifs is 1. The molecule has 150 valence electrons. The molecule has 0 fully saturated rings. The predicted octanol–water partition coefficient (Wildman–Crippen LogP) is 0.543. The van der Waals surface area contributed by atoms with E-state index in [1.54, 1.807) is 31.3 Å². The van der Waals surface area contributed by atoms with Gasteiger partial charge in [-0.3, -0.25) is 13.9 Å². The number of carbonyl (C=O) groups excluding carboxylic acids is 1. The van der Waals surface area contributed by atoms with Crippen molar-refractivity contribution in [2.24, 2.45) is 14.1 Å². The Balaban J connectivity index is 2.11. The molecule has 9 nitrogen and oxygen atoms in total. The maximum atomic E-state index is 12.7. The largest absolute Gasteiger partial charge is 0.466 e. The van der Waals surface area contributed by atoms with Gasteiger partial charge in [-0.1, -0.05) is 17.9 Å². The minimum atomic E-state index is -0.571. The van der Waals surface area contributed by atoms with Crippen LogP contribution in [0.2, 0.25) is 0 Å². The first-order valence-electron chi connectivity index (χ1n) is 8.78. The van der Waals surface area contributed by atoms with Gasteiger partial charge in [-0.05, 0) is 24.3 Å². The minimum absolute atomic E-state index is 0.0165. The molecule has 0 aliphatic heterocycles. The molecular weight excluding hydrogens is 386 g/mol. The summed E-state index contributed by atoms with van der Waals surface area (Å²) in [7, 11) is 4.24. The van der Waals surface area contributed by atoms with E-state index in [0.29, 0.717) is 17.0 Å². The number of benzene rings is 1. The van der Waals surface area contributed by atoms with Crippen molar-refractivity contribution in [2.75, 3.05) is 7.11 Å². The second kappa shape index (κ2) is 8.33. The fourth-order valence-electron chi connectivity index (χ4n) is 2.84. The number of hydrogen-bond acceptors (Lipinski definition) is 6. The molecule has 30 heavy (non-hydrogen) atoms. The first-order chi connectivity index (χ1) is 14.4. The number of esters is 1. The van der Waals surface area contributed by atoms with Crippen molar-refractivity contribution in [1.82, 2.24) is 18.7 Å². The van der Waals surface area contributed by atoms with Crippen LogP contribution in [0.25, 0.3) is 17.2 Å². The zero-order chi connectivity index (χ0) is 21.8. The Morgan fingerprint density at radius 3 is 2.67 bits per heavy atom. The van der Waals surface area contributed by atoms with Crippen molar-refractivity contribution in [3.8, 4) is 17.9 Å². The highest BCUT2D eigenvalue weighted by molar-refractivity contribution is 5.87. The van der Waals surface area contributed by atoms with E-state index in [9.17, 15) is 14.4 Å². The quantitative estimate of drug-likeness (QED) is 0.359. The van der Waals surface area contributed by atoms with Gasteiger partial charge in [0.25, 0.3) is 5.56 Å². The first kappa shape index (κ1) is 20.4. The first-order valence-corrected chi connectivity index (χ1v) is 8.78. The molecule has 0 bridgehead atoms. The van der Waals surface area contributed by atoms with Crippen molar-refractivity contribution in [1.29, 1.82) is 5.26 Å². The minimum Gasteiger partial charge on any atom is -0.466 e. The van der Waals surface area contributed by atoms with E-state index in [0.717, 1.165) is 4.57 Å². The second-order valence-electron chi connectivity index (χ2n) is 6.28. The van der Waals surface area contributed by atoms with Gasteiger partial charge in [0.05, 0.1) is 25.3 Å². The summed E-state index contributed by atoms with van der Waals surface area (Å²) in [5.74, 6) is 5.52. The highest BCUT2D eigenvalue weighted by Gasteiger charge is 2.17. The maximum absolute atomic E-state index is 12.7. The standard InChI is InChI=1S/C21H17N5O4/c1-24-16(9-10-17(27)30-3)23-19-18(24)20(28)25(2)21(29)26(19)11-5-8-14-6-4-7-15(12-14)13-22/h4,6-7,9-10,12H,11H2,1-3H3/b10-9+. The lowest BCUT2D eigenvalue weighted by Gasteiger charge is -2.05. The molecule has 3 aromatic rings. The van der Waals surface area contributed by atoms with Gasteiger partial charge < -0.3 is 9.30 Å². The lowest BCUT2D eigenvalue weighted by Crippen LogP contribution is -2.38. The molecule has 9 heteroatoms. The monoisotopic (exact) mass is 403 g/mol. The Labute approximate surface area is 171 Å². The Bertz CT molecular complexity index is 1400. The molecule has 2 aromatic heterocycles. The van der Waals surface area contributed by atoms with Crippen LogP contribution in [0.15, 0.2) is 39.9 Å². The van der Waals surface area contributed by atoms with Gasteiger partial charge in [0.15, 0.2) is 11.2 Å². The smallest absolute Gasteiger partial charge is 0.333 e. The van der Waals surface area contributed by atoms with Gasteiger partial charge in [-0.2, -0.15) is 5.26 Å². The van der Waals surface area contributed by atoms with Crippen LogP contribution in [0.3, 0.4) is 0 Å². The fourth-order valence-corrected chi connectivity index (χ4v) is 2.84. The summed E-state index contributed by atoms with van der Waals surface area (Å²) >= 11 is 0. The lowest BCUT2D eigenvalue weighted by molar-refractivity contribution is -0.134. The number of ether oxygens (including phenoxy) is 1. The van der Waals surface area contributed by atoms with Gasteiger partial charge >= 0.3 is 11.7 Å². The fraction of sp³-hybridized carbons (Fsp3) is 0.190. The molecule has 0 saturated heterocycles. The van der Waals surface area contributed by atoms with E-state index in [2.05, 4.69) is 21.6 Å². The number of rotatable bonds is 3. The third kappa shape index (κ3) is 3.77. The molecule has 0 unspecified atom stereocenters. The normalized spacial score (nSPS) is 10.6. The summed E-state index contributed by atoms with van der Waals surface area (Å²) in [4.78, 5) is 41.0. The van der Waals surface area contributed by atoms with E-state index in [1.165, 1.54) is 35.4 Å². The van der Waals surface area contributed by atoms with Crippen LogP contribution in [0.5, 0.6) is 0 Å². The highest BCUT2D eigenvalue weighted by atomic mass is 16.5. The van der Waals surface area contributed by atoms with Gasteiger partial charge in [0.2, 0.25) is 0 Å². The molecule has 0 aliphatic rings. The summed E-state index contributed by atoms with van der Waals surface area (Å²) in [5, 5.41) is 8.98. The number of imidazole rings is 1. The lowest BCUT2D eigenvalue weighted by atomic mass is 10.1. The predicted molar refractivity (Wildman–Crippen MR) is 109 cm³/mol. The third-order valence-corrected chi connectivity index (χ3v) is 4.42.